The minimum absolute atomic E-state index is 0.0817. The quantitative estimate of drug-likeness (QED) is 0.758. The van der Waals surface area contributed by atoms with E-state index in [9.17, 15) is 4.79 Å². The van der Waals surface area contributed by atoms with Crippen LogP contribution in [0, 0.1) is 0 Å². The highest BCUT2D eigenvalue weighted by molar-refractivity contribution is 5.94. The lowest BCUT2D eigenvalue weighted by atomic mass is 10.0. The van der Waals surface area contributed by atoms with E-state index in [4.69, 9.17) is 4.74 Å². The highest BCUT2D eigenvalue weighted by Gasteiger charge is 2.07. The molecule has 2 aromatic rings. The third kappa shape index (κ3) is 3.22. The van der Waals surface area contributed by atoms with E-state index < -0.39 is 0 Å². The van der Waals surface area contributed by atoms with Crippen LogP contribution in [-0.4, -0.2) is 11.9 Å². The van der Waals surface area contributed by atoms with Crippen molar-refractivity contribution in [2.75, 3.05) is 0 Å². The topological polar surface area (TPSA) is 26.3 Å². The summed E-state index contributed by atoms with van der Waals surface area (Å²) < 4.78 is 5.81. The Morgan fingerprint density at radius 1 is 1.00 bits per heavy atom. The Morgan fingerprint density at radius 3 is 2.21 bits per heavy atom. The normalized spacial score (nSPS) is 10.5. The zero-order valence-electron chi connectivity index (χ0n) is 11.5. The fourth-order valence-electron chi connectivity index (χ4n) is 1.95. The fraction of sp³-hybridized carbons (Fsp3) is 0.235. The van der Waals surface area contributed by atoms with Gasteiger partial charge in [-0.05, 0) is 32.4 Å². The van der Waals surface area contributed by atoms with Gasteiger partial charge in [0.25, 0.3) is 0 Å². The third-order valence-corrected chi connectivity index (χ3v) is 2.85. The molecule has 0 aliphatic rings. The Balaban J connectivity index is 2.38. The van der Waals surface area contributed by atoms with Crippen LogP contribution in [-0.2, 0) is 0 Å². The largest absolute Gasteiger partial charge is 0.490 e. The van der Waals surface area contributed by atoms with Crippen LogP contribution in [0.15, 0.2) is 48.5 Å². The van der Waals surface area contributed by atoms with E-state index in [1.165, 1.54) is 0 Å². The molecule has 98 valence electrons. The van der Waals surface area contributed by atoms with Gasteiger partial charge in [0.05, 0.1) is 6.10 Å². The van der Waals surface area contributed by atoms with E-state index in [0.29, 0.717) is 0 Å². The third-order valence-electron chi connectivity index (χ3n) is 2.85. The molecule has 0 bridgehead atoms. The Labute approximate surface area is 114 Å². The molecule has 0 spiro atoms. The predicted molar refractivity (Wildman–Crippen MR) is 77.6 cm³/mol. The molecule has 0 aromatic heterocycles. The molecular weight excluding hydrogens is 236 g/mol. The molecular formula is C17H18O2. The smallest absolute Gasteiger partial charge is 0.159 e. The Morgan fingerprint density at radius 2 is 1.63 bits per heavy atom. The van der Waals surface area contributed by atoms with E-state index in [-0.39, 0.29) is 11.9 Å². The highest BCUT2D eigenvalue weighted by atomic mass is 16.5. The summed E-state index contributed by atoms with van der Waals surface area (Å²) in [7, 11) is 0. The average Bonchev–Trinajstić information content (AvgIpc) is 2.39. The van der Waals surface area contributed by atoms with Crippen LogP contribution in [0.3, 0.4) is 0 Å². The summed E-state index contributed by atoms with van der Waals surface area (Å²) in [6.45, 7) is 5.59. The van der Waals surface area contributed by atoms with Crippen LogP contribution in [0.1, 0.15) is 31.1 Å². The summed E-state index contributed by atoms with van der Waals surface area (Å²) in [5.74, 6) is 0.950. The van der Waals surface area contributed by atoms with Crippen LogP contribution in [0.25, 0.3) is 11.1 Å². The summed E-state index contributed by atoms with van der Waals surface area (Å²) in [6, 6.07) is 15.6. The Hall–Kier alpha value is -2.09. The van der Waals surface area contributed by atoms with E-state index >= 15 is 0 Å². The van der Waals surface area contributed by atoms with Crippen LogP contribution in [0.2, 0.25) is 0 Å². The summed E-state index contributed by atoms with van der Waals surface area (Å²) >= 11 is 0. The molecule has 2 nitrogen and oxygen atoms in total. The Bertz CT molecular complexity index is 568. The van der Waals surface area contributed by atoms with Gasteiger partial charge in [-0.25, -0.2) is 0 Å². The monoisotopic (exact) mass is 254 g/mol. The van der Waals surface area contributed by atoms with Gasteiger partial charge >= 0.3 is 0 Å². The van der Waals surface area contributed by atoms with Gasteiger partial charge in [0.2, 0.25) is 0 Å². The van der Waals surface area contributed by atoms with Crippen molar-refractivity contribution in [2.24, 2.45) is 0 Å². The zero-order valence-corrected chi connectivity index (χ0v) is 11.5. The van der Waals surface area contributed by atoms with Gasteiger partial charge in [-0.1, -0.05) is 42.5 Å². The second kappa shape index (κ2) is 5.70. The average molecular weight is 254 g/mol. The van der Waals surface area contributed by atoms with Crippen molar-refractivity contribution in [3.05, 3.63) is 54.1 Å². The fourth-order valence-corrected chi connectivity index (χ4v) is 1.95. The predicted octanol–water partition coefficient (Wildman–Crippen LogP) is 4.34. The first-order chi connectivity index (χ1) is 9.08. The van der Waals surface area contributed by atoms with Crippen LogP contribution in [0.4, 0.5) is 0 Å². The molecule has 0 aliphatic carbocycles. The molecule has 19 heavy (non-hydrogen) atoms. The summed E-state index contributed by atoms with van der Waals surface area (Å²) in [5.41, 5.74) is 2.83. The van der Waals surface area contributed by atoms with Crippen molar-refractivity contribution >= 4 is 5.78 Å². The second-order valence-corrected chi connectivity index (χ2v) is 4.80. The molecule has 2 rings (SSSR count). The Kier molecular flexibility index (Phi) is 4.00. The van der Waals surface area contributed by atoms with Gasteiger partial charge in [-0.3, -0.25) is 4.79 Å². The lowest BCUT2D eigenvalue weighted by Crippen LogP contribution is -2.06. The van der Waals surface area contributed by atoms with E-state index in [1.54, 1.807) is 6.92 Å². The zero-order chi connectivity index (χ0) is 13.8. The van der Waals surface area contributed by atoms with Crippen molar-refractivity contribution in [3.63, 3.8) is 0 Å². The number of benzene rings is 2. The minimum atomic E-state index is 0.0817. The molecule has 0 amide bonds. The number of carbonyl (C=O) groups is 1. The number of Topliss-reactive ketones (excluding diaryl/α,β-unsaturated/α-hetero) is 1. The van der Waals surface area contributed by atoms with E-state index in [0.717, 1.165) is 22.4 Å². The first-order valence-corrected chi connectivity index (χ1v) is 6.45. The first-order valence-electron chi connectivity index (χ1n) is 6.45. The molecule has 0 radical (unpaired) electrons. The van der Waals surface area contributed by atoms with Crippen LogP contribution in [0.5, 0.6) is 5.75 Å². The molecule has 2 heteroatoms. The second-order valence-electron chi connectivity index (χ2n) is 4.80. The number of hydrogen-bond acceptors (Lipinski definition) is 2. The maximum atomic E-state index is 11.3. The van der Waals surface area contributed by atoms with Gasteiger partial charge in [-0.2, -0.15) is 0 Å². The molecule has 0 saturated carbocycles. The number of rotatable bonds is 4. The molecule has 0 N–H and O–H groups in total. The summed E-state index contributed by atoms with van der Waals surface area (Å²) in [6.07, 6.45) is 0.137. The summed E-state index contributed by atoms with van der Waals surface area (Å²) in [4.78, 5) is 11.3. The van der Waals surface area contributed by atoms with Crippen molar-refractivity contribution < 1.29 is 9.53 Å². The van der Waals surface area contributed by atoms with Gasteiger partial charge in [0, 0.05) is 11.1 Å². The first kappa shape index (κ1) is 13.3. The maximum absolute atomic E-state index is 11.3. The van der Waals surface area contributed by atoms with Gasteiger partial charge in [0.15, 0.2) is 5.78 Å². The van der Waals surface area contributed by atoms with Crippen molar-refractivity contribution in [1.82, 2.24) is 0 Å². The van der Waals surface area contributed by atoms with Gasteiger partial charge < -0.3 is 4.74 Å². The number of ketones is 1. The van der Waals surface area contributed by atoms with Crippen LogP contribution >= 0.6 is 0 Å². The number of ether oxygens (including phenoxy) is 1. The minimum Gasteiger partial charge on any atom is -0.490 e. The number of hydrogen-bond donors (Lipinski definition) is 0. The molecule has 0 unspecified atom stereocenters. The van der Waals surface area contributed by atoms with E-state index in [2.05, 4.69) is 0 Å². The lowest BCUT2D eigenvalue weighted by Gasteiger charge is -2.14. The standard InChI is InChI=1S/C17H18O2/c1-12(2)19-17-7-5-4-6-16(17)15-10-8-14(9-11-15)13(3)18/h4-12H,1-3H3. The molecule has 0 atom stereocenters. The van der Waals surface area contributed by atoms with Crippen LogP contribution < -0.4 is 4.74 Å². The van der Waals surface area contributed by atoms with Crippen molar-refractivity contribution in [3.8, 4) is 16.9 Å². The number of para-hydroxylation sites is 1. The molecule has 0 aliphatic heterocycles. The highest BCUT2D eigenvalue weighted by Crippen LogP contribution is 2.30. The molecule has 0 saturated heterocycles. The van der Waals surface area contributed by atoms with Gasteiger partial charge in [0.1, 0.15) is 5.75 Å². The molecule has 0 heterocycles. The molecule has 2 aromatic carbocycles. The van der Waals surface area contributed by atoms with Gasteiger partial charge in [-0.15, -0.1) is 0 Å². The molecule has 0 fully saturated rings. The SMILES string of the molecule is CC(=O)c1ccc(-c2ccccc2OC(C)C)cc1. The summed E-state index contributed by atoms with van der Waals surface area (Å²) in [5, 5.41) is 0. The van der Waals surface area contributed by atoms with Crippen molar-refractivity contribution in [1.29, 1.82) is 0 Å². The van der Waals surface area contributed by atoms with Crippen molar-refractivity contribution in [2.45, 2.75) is 26.9 Å². The lowest BCUT2D eigenvalue weighted by molar-refractivity contribution is 0.101. The maximum Gasteiger partial charge on any atom is 0.159 e. The number of carbonyl (C=O) groups excluding carboxylic acids is 1. The van der Waals surface area contributed by atoms with E-state index in [1.807, 2.05) is 62.4 Å².